The minimum atomic E-state index is -4.91. The van der Waals surface area contributed by atoms with E-state index >= 15 is 4.39 Å². The van der Waals surface area contributed by atoms with Crippen molar-refractivity contribution in [3.63, 3.8) is 0 Å². The SMILES string of the molecule is C=C1CN2CCC[C@]2(COc2nc3c(c(N4CCC[C@@](C)(O)C4)n2)CO[C@H](c2c(F)c(N)cc(C#CC)c2C(F)(F)F)C3)C1. The van der Waals surface area contributed by atoms with E-state index in [-0.39, 0.29) is 24.6 Å². The first-order chi connectivity index (χ1) is 20.8. The summed E-state index contributed by atoms with van der Waals surface area (Å²) in [6, 6.07) is 0.997. The average Bonchev–Trinajstić information content (AvgIpc) is 3.47. The van der Waals surface area contributed by atoms with Gasteiger partial charge in [-0.1, -0.05) is 18.1 Å². The first-order valence-corrected chi connectivity index (χ1v) is 15.0. The zero-order valence-electron chi connectivity index (χ0n) is 25.0. The fraction of sp³-hybridized carbons (Fsp3) is 0.562. The number of ether oxygens (including phenoxy) is 2. The van der Waals surface area contributed by atoms with E-state index in [1.54, 1.807) is 6.92 Å². The predicted molar refractivity (Wildman–Crippen MR) is 156 cm³/mol. The summed E-state index contributed by atoms with van der Waals surface area (Å²) >= 11 is 0. The number of nitrogens with zero attached hydrogens (tertiary/aromatic N) is 4. The van der Waals surface area contributed by atoms with E-state index in [9.17, 15) is 18.3 Å². The van der Waals surface area contributed by atoms with Crippen LogP contribution in [0.2, 0.25) is 0 Å². The van der Waals surface area contributed by atoms with Crippen LogP contribution in [-0.2, 0) is 23.9 Å². The van der Waals surface area contributed by atoms with Crippen molar-refractivity contribution in [3.05, 3.63) is 52.0 Å². The maximum Gasteiger partial charge on any atom is 0.418 e. The number of nitrogen functional groups attached to an aromatic ring is 1. The van der Waals surface area contributed by atoms with Gasteiger partial charge < -0.3 is 25.2 Å². The number of anilines is 2. The number of alkyl halides is 3. The van der Waals surface area contributed by atoms with E-state index in [4.69, 9.17) is 20.2 Å². The molecule has 0 unspecified atom stereocenters. The zero-order chi connectivity index (χ0) is 31.4. The molecule has 0 bridgehead atoms. The van der Waals surface area contributed by atoms with Crippen molar-refractivity contribution in [2.75, 3.05) is 43.4 Å². The maximum atomic E-state index is 15.5. The molecular formula is C32H37F4N5O3. The lowest BCUT2D eigenvalue weighted by atomic mass is 9.90. The van der Waals surface area contributed by atoms with Crippen LogP contribution in [-0.4, -0.2) is 63.9 Å². The van der Waals surface area contributed by atoms with Crippen LogP contribution in [0.25, 0.3) is 0 Å². The Bertz CT molecular complexity index is 1550. The normalized spacial score (nSPS) is 27.1. The Hall–Kier alpha value is -3.40. The third kappa shape index (κ3) is 5.61. The molecule has 44 heavy (non-hydrogen) atoms. The Morgan fingerprint density at radius 1 is 1.25 bits per heavy atom. The molecule has 1 aromatic heterocycles. The van der Waals surface area contributed by atoms with E-state index in [0.29, 0.717) is 43.2 Å². The minimum absolute atomic E-state index is 0.0879. The Kier molecular flexibility index (Phi) is 7.79. The molecule has 0 saturated carbocycles. The summed E-state index contributed by atoms with van der Waals surface area (Å²) in [6.07, 6.45) is -2.25. The van der Waals surface area contributed by atoms with Gasteiger partial charge in [-0.2, -0.15) is 23.1 Å². The predicted octanol–water partition coefficient (Wildman–Crippen LogP) is 4.93. The highest BCUT2D eigenvalue weighted by Crippen LogP contribution is 2.45. The number of aromatic nitrogens is 2. The van der Waals surface area contributed by atoms with Crippen LogP contribution in [0.3, 0.4) is 0 Å². The van der Waals surface area contributed by atoms with Gasteiger partial charge in [0, 0.05) is 42.7 Å². The molecule has 4 aliphatic rings. The van der Waals surface area contributed by atoms with E-state index in [0.717, 1.165) is 50.4 Å². The molecule has 0 spiro atoms. The number of nitrogens with two attached hydrogens (primary N) is 1. The van der Waals surface area contributed by atoms with Crippen LogP contribution in [0, 0.1) is 17.7 Å². The van der Waals surface area contributed by atoms with Crippen molar-refractivity contribution < 1.29 is 32.1 Å². The van der Waals surface area contributed by atoms with Gasteiger partial charge in [0.1, 0.15) is 12.4 Å². The second-order valence-corrected chi connectivity index (χ2v) is 12.7. The third-order valence-electron chi connectivity index (χ3n) is 9.23. The molecule has 0 amide bonds. The lowest BCUT2D eigenvalue weighted by Gasteiger charge is -2.39. The summed E-state index contributed by atoms with van der Waals surface area (Å²) in [4.78, 5) is 13.7. The number of benzene rings is 1. The molecule has 2 aromatic rings. The molecule has 3 N–H and O–H groups in total. The van der Waals surface area contributed by atoms with Crippen LogP contribution < -0.4 is 15.4 Å². The molecule has 0 radical (unpaired) electrons. The average molecular weight is 616 g/mol. The quantitative estimate of drug-likeness (QED) is 0.212. The fourth-order valence-corrected chi connectivity index (χ4v) is 7.33. The maximum absolute atomic E-state index is 15.5. The van der Waals surface area contributed by atoms with Crippen molar-refractivity contribution in [1.29, 1.82) is 0 Å². The first-order valence-electron chi connectivity index (χ1n) is 15.0. The Labute approximate surface area is 254 Å². The monoisotopic (exact) mass is 615 g/mol. The number of piperidine rings is 1. The second-order valence-electron chi connectivity index (χ2n) is 12.7. The van der Waals surface area contributed by atoms with Crippen molar-refractivity contribution >= 4 is 11.5 Å². The van der Waals surface area contributed by atoms with E-state index in [1.165, 1.54) is 6.92 Å². The van der Waals surface area contributed by atoms with Gasteiger partial charge in [-0.15, -0.1) is 5.92 Å². The molecule has 8 nitrogen and oxygen atoms in total. The second kappa shape index (κ2) is 11.2. The highest BCUT2D eigenvalue weighted by molar-refractivity contribution is 5.59. The molecule has 5 heterocycles. The van der Waals surface area contributed by atoms with Gasteiger partial charge >= 0.3 is 12.2 Å². The molecule has 4 aliphatic heterocycles. The molecule has 3 saturated heterocycles. The van der Waals surface area contributed by atoms with Gasteiger partial charge in [0.15, 0.2) is 5.82 Å². The van der Waals surface area contributed by atoms with E-state index in [1.807, 2.05) is 4.90 Å². The molecule has 3 fully saturated rings. The number of hydrogen-bond donors (Lipinski definition) is 2. The molecule has 0 aliphatic carbocycles. The van der Waals surface area contributed by atoms with Gasteiger partial charge in [-0.05, 0) is 58.6 Å². The minimum Gasteiger partial charge on any atom is -0.461 e. The van der Waals surface area contributed by atoms with Crippen molar-refractivity contribution in [3.8, 4) is 17.9 Å². The lowest BCUT2D eigenvalue weighted by molar-refractivity contribution is -0.140. The van der Waals surface area contributed by atoms with Gasteiger partial charge in [0.05, 0.1) is 40.8 Å². The standard InChI is InChI=1S/C32H37F4N5O3/c1-4-7-20-12-22(37)27(33)25(26(20)32(34,35)36)24-13-23-21(16-43-24)28(40-10-5-8-30(3,42)17-40)39-29(38-23)44-18-31-9-6-11-41(31)15-19(2)14-31/h12,24,42H,2,5-6,8-11,13-18,37H2,1,3H3/t24-,30+,31+/m0/s1. The Morgan fingerprint density at radius 2 is 2.02 bits per heavy atom. The first kappa shape index (κ1) is 30.6. The van der Waals surface area contributed by atoms with Crippen LogP contribution in [0.4, 0.5) is 29.1 Å². The highest BCUT2D eigenvalue weighted by Gasteiger charge is 2.47. The van der Waals surface area contributed by atoms with Gasteiger partial charge in [-0.3, -0.25) is 4.90 Å². The van der Waals surface area contributed by atoms with E-state index in [2.05, 4.69) is 28.3 Å². The molecular weight excluding hydrogens is 578 g/mol. The fourth-order valence-electron chi connectivity index (χ4n) is 7.33. The van der Waals surface area contributed by atoms with Gasteiger partial charge in [0.25, 0.3) is 0 Å². The summed E-state index contributed by atoms with van der Waals surface area (Å²) in [5.74, 6) is 4.20. The van der Waals surface area contributed by atoms with Crippen LogP contribution in [0.1, 0.15) is 80.0 Å². The highest BCUT2D eigenvalue weighted by atomic mass is 19.4. The largest absolute Gasteiger partial charge is 0.461 e. The van der Waals surface area contributed by atoms with Crippen LogP contribution in [0.15, 0.2) is 18.2 Å². The van der Waals surface area contributed by atoms with Crippen LogP contribution in [0.5, 0.6) is 6.01 Å². The number of aliphatic hydroxyl groups is 1. The third-order valence-corrected chi connectivity index (χ3v) is 9.23. The van der Waals surface area contributed by atoms with Crippen molar-refractivity contribution in [2.24, 2.45) is 0 Å². The summed E-state index contributed by atoms with van der Waals surface area (Å²) in [7, 11) is 0. The molecule has 236 valence electrons. The summed E-state index contributed by atoms with van der Waals surface area (Å²) in [5, 5.41) is 10.8. The van der Waals surface area contributed by atoms with Crippen LogP contribution >= 0.6 is 0 Å². The summed E-state index contributed by atoms with van der Waals surface area (Å²) in [5.41, 5.74) is 4.07. The number of rotatable bonds is 5. The molecule has 1 aromatic carbocycles. The van der Waals surface area contributed by atoms with Crippen molar-refractivity contribution in [1.82, 2.24) is 14.9 Å². The number of halogens is 4. The zero-order valence-corrected chi connectivity index (χ0v) is 25.0. The topological polar surface area (TPSA) is 97.0 Å². The molecule has 12 heteroatoms. The number of fused-ring (bicyclic) bond motifs is 2. The molecule has 3 atom stereocenters. The number of β-amino-alcohol motifs (C(OH)–C–C–N with tert-alkyl or cyclic N) is 1. The number of hydrogen-bond acceptors (Lipinski definition) is 8. The molecule has 6 rings (SSSR count). The van der Waals surface area contributed by atoms with Gasteiger partial charge in [0.2, 0.25) is 0 Å². The van der Waals surface area contributed by atoms with Crippen molar-refractivity contribution in [2.45, 2.75) is 82.4 Å². The summed E-state index contributed by atoms with van der Waals surface area (Å²) < 4.78 is 70.9. The van der Waals surface area contributed by atoms with E-state index < -0.39 is 46.1 Å². The lowest BCUT2D eigenvalue weighted by Crippen LogP contribution is -2.47. The smallest absolute Gasteiger partial charge is 0.418 e. The Balaban J connectivity index is 1.40. The van der Waals surface area contributed by atoms with Gasteiger partial charge in [-0.25, -0.2) is 4.39 Å². The summed E-state index contributed by atoms with van der Waals surface area (Å²) in [6.45, 7) is 10.2. The Morgan fingerprint density at radius 3 is 2.75 bits per heavy atom.